The number of nitro benzene ring substituents is 1. The van der Waals surface area contributed by atoms with E-state index in [9.17, 15) is 19.7 Å². The lowest BCUT2D eigenvalue weighted by Gasteiger charge is -2.06. The molecule has 0 saturated carbocycles. The highest BCUT2D eigenvalue weighted by molar-refractivity contribution is 6.36. The lowest BCUT2D eigenvalue weighted by Crippen LogP contribution is -2.18. The third kappa shape index (κ3) is 6.73. The molecule has 0 heterocycles. The highest BCUT2D eigenvalue weighted by atomic mass is 35.5. The maximum atomic E-state index is 12.3. The third-order valence-corrected chi connectivity index (χ3v) is 4.72. The van der Waals surface area contributed by atoms with E-state index < -0.39 is 16.8 Å². The molecular weight excluding hydrogens is 469 g/mol. The molecule has 3 aromatic rings. The predicted octanol–water partition coefficient (Wildman–Crippen LogP) is 5.28. The second-order valence-electron chi connectivity index (χ2n) is 6.47. The van der Waals surface area contributed by atoms with Gasteiger partial charge in [-0.25, -0.2) is 10.2 Å². The molecule has 1 N–H and O–H groups in total. The standard InChI is InChI=1S/C23H15Cl2N3O5/c24-17-7-9-19(20(25)13-17)23(30)27-26-14-16-12-18(28(31)32)8-10-21(16)33-22(29)11-6-15-4-2-1-3-5-15/h1-14H,(H,27,30)/b11-6+,26-14+. The van der Waals surface area contributed by atoms with Crippen molar-refractivity contribution in [3.8, 4) is 5.75 Å². The molecule has 0 aromatic heterocycles. The van der Waals surface area contributed by atoms with Crippen molar-refractivity contribution in [2.75, 3.05) is 0 Å². The fourth-order valence-electron chi connectivity index (χ4n) is 2.61. The van der Waals surface area contributed by atoms with E-state index in [1.54, 1.807) is 6.08 Å². The van der Waals surface area contributed by atoms with Crippen molar-refractivity contribution in [3.05, 3.63) is 110 Å². The molecule has 0 unspecified atom stereocenters. The maximum absolute atomic E-state index is 12.3. The van der Waals surface area contributed by atoms with E-state index in [4.69, 9.17) is 27.9 Å². The number of carbonyl (C=O) groups is 2. The van der Waals surface area contributed by atoms with Crippen LogP contribution in [0.5, 0.6) is 5.75 Å². The number of hydrazone groups is 1. The number of hydrogen-bond donors (Lipinski definition) is 1. The van der Waals surface area contributed by atoms with Crippen LogP contribution in [-0.2, 0) is 4.79 Å². The van der Waals surface area contributed by atoms with Gasteiger partial charge in [-0.1, -0.05) is 53.5 Å². The lowest BCUT2D eigenvalue weighted by atomic mass is 10.2. The zero-order valence-electron chi connectivity index (χ0n) is 16.8. The molecule has 0 radical (unpaired) electrons. The van der Waals surface area contributed by atoms with Crippen LogP contribution in [0.15, 0.2) is 77.9 Å². The van der Waals surface area contributed by atoms with Crippen molar-refractivity contribution < 1.29 is 19.2 Å². The van der Waals surface area contributed by atoms with Gasteiger partial charge < -0.3 is 4.74 Å². The van der Waals surface area contributed by atoms with Gasteiger partial charge in [-0.15, -0.1) is 0 Å². The SMILES string of the molecule is O=C(/C=C/c1ccccc1)Oc1ccc([N+](=O)[O-])cc1/C=N/NC(=O)c1ccc(Cl)cc1Cl. The van der Waals surface area contributed by atoms with Crippen LogP contribution in [0.2, 0.25) is 10.0 Å². The number of hydrogen-bond acceptors (Lipinski definition) is 6. The van der Waals surface area contributed by atoms with Crippen LogP contribution in [0.1, 0.15) is 21.5 Å². The summed E-state index contributed by atoms with van der Waals surface area (Å²) in [6.07, 6.45) is 3.91. The van der Waals surface area contributed by atoms with E-state index in [2.05, 4.69) is 10.5 Å². The summed E-state index contributed by atoms with van der Waals surface area (Å²) in [7, 11) is 0. The molecule has 0 bridgehead atoms. The van der Waals surface area contributed by atoms with Crippen molar-refractivity contribution in [2.24, 2.45) is 5.10 Å². The number of nitrogens with zero attached hydrogens (tertiary/aromatic N) is 2. The Morgan fingerprint density at radius 1 is 1.03 bits per heavy atom. The Morgan fingerprint density at radius 3 is 2.48 bits per heavy atom. The Bertz CT molecular complexity index is 1260. The first-order valence-electron chi connectivity index (χ1n) is 9.35. The zero-order chi connectivity index (χ0) is 23.8. The number of carbonyl (C=O) groups excluding carboxylic acids is 2. The van der Waals surface area contributed by atoms with Gasteiger partial charge in [0.15, 0.2) is 0 Å². The Morgan fingerprint density at radius 2 is 1.79 bits per heavy atom. The molecule has 0 spiro atoms. The molecule has 8 nitrogen and oxygen atoms in total. The van der Waals surface area contributed by atoms with Gasteiger partial charge in [0.25, 0.3) is 11.6 Å². The first kappa shape index (κ1) is 23.6. The van der Waals surface area contributed by atoms with E-state index in [1.807, 2.05) is 30.3 Å². The molecule has 10 heteroatoms. The monoisotopic (exact) mass is 483 g/mol. The number of non-ortho nitro benzene ring substituents is 1. The summed E-state index contributed by atoms with van der Waals surface area (Å²) in [4.78, 5) is 35.0. The van der Waals surface area contributed by atoms with Crippen molar-refractivity contribution in [1.29, 1.82) is 0 Å². The summed E-state index contributed by atoms with van der Waals surface area (Å²) in [5, 5.41) is 15.4. The molecule has 0 fully saturated rings. The minimum absolute atomic E-state index is 0.0193. The lowest BCUT2D eigenvalue weighted by molar-refractivity contribution is -0.384. The Kier molecular flexibility index (Phi) is 7.91. The van der Waals surface area contributed by atoms with E-state index in [0.29, 0.717) is 5.02 Å². The molecule has 166 valence electrons. The predicted molar refractivity (Wildman–Crippen MR) is 126 cm³/mol. The normalized spacial score (nSPS) is 11.0. The summed E-state index contributed by atoms with van der Waals surface area (Å²) in [5.41, 5.74) is 3.05. The molecule has 1 amide bonds. The summed E-state index contributed by atoms with van der Waals surface area (Å²) in [6, 6.07) is 17.0. The van der Waals surface area contributed by atoms with Crippen molar-refractivity contribution in [2.45, 2.75) is 0 Å². The Balaban J connectivity index is 1.77. The van der Waals surface area contributed by atoms with E-state index in [1.165, 1.54) is 36.4 Å². The number of rotatable bonds is 7. The third-order valence-electron chi connectivity index (χ3n) is 4.17. The molecule has 3 rings (SSSR count). The van der Waals surface area contributed by atoms with Crippen LogP contribution in [0.4, 0.5) is 5.69 Å². The number of nitrogens with one attached hydrogen (secondary N) is 1. The van der Waals surface area contributed by atoms with Crippen LogP contribution >= 0.6 is 23.2 Å². The van der Waals surface area contributed by atoms with Crippen LogP contribution < -0.4 is 10.2 Å². The van der Waals surface area contributed by atoms with Crippen molar-refractivity contribution in [3.63, 3.8) is 0 Å². The number of amides is 1. The Labute approximate surface area is 198 Å². The molecule has 0 aliphatic heterocycles. The molecular formula is C23H15Cl2N3O5. The molecule has 0 saturated heterocycles. The van der Waals surface area contributed by atoms with Gasteiger partial charge >= 0.3 is 5.97 Å². The average molecular weight is 484 g/mol. The number of esters is 1. The van der Waals surface area contributed by atoms with Gasteiger partial charge in [0, 0.05) is 28.8 Å². The van der Waals surface area contributed by atoms with Gasteiger partial charge in [-0.05, 0) is 35.9 Å². The largest absolute Gasteiger partial charge is 0.423 e. The van der Waals surface area contributed by atoms with E-state index >= 15 is 0 Å². The second-order valence-corrected chi connectivity index (χ2v) is 7.31. The highest BCUT2D eigenvalue weighted by Crippen LogP contribution is 2.24. The summed E-state index contributed by atoms with van der Waals surface area (Å²) < 4.78 is 5.29. The minimum Gasteiger partial charge on any atom is -0.423 e. The molecule has 0 aliphatic carbocycles. The minimum atomic E-state index is -0.695. The van der Waals surface area contributed by atoms with Gasteiger partial charge in [0.2, 0.25) is 0 Å². The maximum Gasteiger partial charge on any atom is 0.336 e. The summed E-state index contributed by atoms with van der Waals surface area (Å²) in [5.74, 6) is -1.30. The molecule has 3 aromatic carbocycles. The summed E-state index contributed by atoms with van der Waals surface area (Å²) >= 11 is 11.8. The van der Waals surface area contributed by atoms with E-state index in [0.717, 1.165) is 17.8 Å². The smallest absolute Gasteiger partial charge is 0.336 e. The fraction of sp³-hybridized carbons (Fsp3) is 0. The topological polar surface area (TPSA) is 111 Å². The number of nitro groups is 1. The first-order valence-corrected chi connectivity index (χ1v) is 10.1. The molecule has 0 aliphatic rings. The average Bonchev–Trinajstić information content (AvgIpc) is 2.79. The summed E-state index contributed by atoms with van der Waals surface area (Å²) in [6.45, 7) is 0. The van der Waals surface area contributed by atoms with Gasteiger partial charge in [-0.2, -0.15) is 5.10 Å². The van der Waals surface area contributed by atoms with Crippen molar-refractivity contribution in [1.82, 2.24) is 5.43 Å². The fourth-order valence-corrected chi connectivity index (χ4v) is 3.10. The van der Waals surface area contributed by atoms with Gasteiger partial charge in [-0.3, -0.25) is 14.9 Å². The number of benzene rings is 3. The quantitative estimate of drug-likeness (QED) is 0.122. The molecule has 33 heavy (non-hydrogen) atoms. The zero-order valence-corrected chi connectivity index (χ0v) is 18.3. The van der Waals surface area contributed by atoms with Crippen LogP contribution in [-0.4, -0.2) is 23.0 Å². The number of halogens is 2. The van der Waals surface area contributed by atoms with Crippen molar-refractivity contribution >= 4 is 53.1 Å². The highest BCUT2D eigenvalue weighted by Gasteiger charge is 2.14. The second kappa shape index (κ2) is 11.0. The first-order chi connectivity index (χ1) is 15.8. The van der Waals surface area contributed by atoms with Crippen LogP contribution in [0, 0.1) is 10.1 Å². The van der Waals surface area contributed by atoms with E-state index in [-0.39, 0.29) is 27.6 Å². The molecule has 0 atom stereocenters. The van der Waals surface area contributed by atoms with Gasteiger partial charge in [0.1, 0.15) is 5.75 Å². The van der Waals surface area contributed by atoms with Crippen LogP contribution in [0.25, 0.3) is 6.08 Å². The Hall–Kier alpha value is -4.01. The number of ether oxygens (including phenoxy) is 1. The van der Waals surface area contributed by atoms with Crippen LogP contribution in [0.3, 0.4) is 0 Å². The van der Waals surface area contributed by atoms with Gasteiger partial charge in [0.05, 0.1) is 21.7 Å².